The molecule has 3 nitrogen and oxygen atoms in total. The first-order chi connectivity index (χ1) is 7.52. The van der Waals surface area contributed by atoms with Crippen LogP contribution in [0.15, 0.2) is 12.1 Å². The van der Waals surface area contributed by atoms with Crippen LogP contribution in [-0.4, -0.2) is 25.1 Å². The van der Waals surface area contributed by atoms with Crippen molar-refractivity contribution in [2.24, 2.45) is 0 Å². The zero-order valence-electron chi connectivity index (χ0n) is 9.38. The molecule has 0 saturated heterocycles. The molecule has 88 valence electrons. The van der Waals surface area contributed by atoms with E-state index >= 15 is 0 Å². The lowest BCUT2D eigenvalue weighted by molar-refractivity contribution is -0.0762. The molecule has 0 spiro atoms. The number of benzene rings is 1. The Labute approximate surface area is 92.6 Å². The summed E-state index contributed by atoms with van der Waals surface area (Å²) in [5.74, 6) is -2.55. The fourth-order valence-electron chi connectivity index (χ4n) is 1.31. The van der Waals surface area contributed by atoms with Gasteiger partial charge in [-0.3, -0.25) is 9.63 Å². The molecule has 0 atom stereocenters. The molecular weight excluding hydrogens is 216 g/mol. The Kier molecular flexibility index (Phi) is 3.95. The van der Waals surface area contributed by atoms with Gasteiger partial charge in [0.15, 0.2) is 0 Å². The van der Waals surface area contributed by atoms with Gasteiger partial charge in [0.05, 0.1) is 7.11 Å². The standard InChI is InChI=1S/C11H13F2NO2/c1-4-7-5-6-8(12)9(10(7)13)11(15)14(2)16-3/h5-6H,4H2,1-3H3. The number of carbonyl (C=O) groups excluding carboxylic acids is 1. The van der Waals surface area contributed by atoms with E-state index in [9.17, 15) is 13.6 Å². The van der Waals surface area contributed by atoms with Crippen molar-refractivity contribution in [3.8, 4) is 0 Å². The second-order valence-corrected chi connectivity index (χ2v) is 3.23. The summed E-state index contributed by atoms with van der Waals surface area (Å²) in [5, 5.41) is 0.779. The van der Waals surface area contributed by atoms with Crippen molar-refractivity contribution in [2.45, 2.75) is 13.3 Å². The quantitative estimate of drug-likeness (QED) is 0.743. The molecule has 0 radical (unpaired) electrons. The molecule has 16 heavy (non-hydrogen) atoms. The maximum absolute atomic E-state index is 13.7. The van der Waals surface area contributed by atoms with Gasteiger partial charge in [-0.2, -0.15) is 0 Å². The van der Waals surface area contributed by atoms with Crippen molar-refractivity contribution >= 4 is 5.91 Å². The van der Waals surface area contributed by atoms with E-state index in [2.05, 4.69) is 4.84 Å². The van der Waals surface area contributed by atoms with Crippen molar-refractivity contribution in [1.29, 1.82) is 0 Å². The molecule has 1 amide bonds. The van der Waals surface area contributed by atoms with Gasteiger partial charge in [0.1, 0.15) is 17.2 Å². The molecule has 0 fully saturated rings. The summed E-state index contributed by atoms with van der Waals surface area (Å²) in [7, 11) is 2.54. The third-order valence-corrected chi connectivity index (χ3v) is 2.33. The third-order valence-electron chi connectivity index (χ3n) is 2.33. The first kappa shape index (κ1) is 12.6. The highest BCUT2D eigenvalue weighted by Gasteiger charge is 2.22. The van der Waals surface area contributed by atoms with Gasteiger partial charge < -0.3 is 0 Å². The van der Waals surface area contributed by atoms with Crippen molar-refractivity contribution in [3.05, 3.63) is 34.9 Å². The normalized spacial score (nSPS) is 10.3. The summed E-state index contributed by atoms with van der Waals surface area (Å²) in [5.41, 5.74) is -0.280. The highest BCUT2D eigenvalue weighted by atomic mass is 19.1. The molecule has 0 unspecified atom stereocenters. The van der Waals surface area contributed by atoms with E-state index in [1.54, 1.807) is 6.92 Å². The van der Waals surface area contributed by atoms with Crippen LogP contribution in [0.5, 0.6) is 0 Å². The number of hydrogen-bond donors (Lipinski definition) is 0. The molecule has 0 heterocycles. The van der Waals surface area contributed by atoms with E-state index in [1.165, 1.54) is 20.2 Å². The summed E-state index contributed by atoms with van der Waals surface area (Å²) in [6.07, 6.45) is 0.392. The average Bonchev–Trinajstić information content (AvgIpc) is 2.28. The molecule has 1 rings (SSSR count). The van der Waals surface area contributed by atoms with E-state index in [-0.39, 0.29) is 0 Å². The van der Waals surface area contributed by atoms with Gasteiger partial charge in [-0.15, -0.1) is 0 Å². The lowest BCUT2D eigenvalue weighted by Gasteiger charge is -2.15. The predicted octanol–water partition coefficient (Wildman–Crippen LogP) is 2.16. The fraction of sp³-hybridized carbons (Fsp3) is 0.364. The van der Waals surface area contributed by atoms with Crippen molar-refractivity contribution < 1.29 is 18.4 Å². The first-order valence-corrected chi connectivity index (χ1v) is 4.82. The lowest BCUT2D eigenvalue weighted by Crippen LogP contribution is -2.27. The summed E-state index contributed by atoms with van der Waals surface area (Å²) in [6.45, 7) is 1.73. The van der Waals surface area contributed by atoms with Gasteiger partial charge in [-0.1, -0.05) is 13.0 Å². The minimum Gasteiger partial charge on any atom is -0.274 e. The number of rotatable bonds is 3. The molecular formula is C11H13F2NO2. The molecule has 0 aromatic heterocycles. The smallest absolute Gasteiger partial charge is 0.274 e. The maximum atomic E-state index is 13.7. The van der Waals surface area contributed by atoms with E-state index in [0.29, 0.717) is 12.0 Å². The lowest BCUT2D eigenvalue weighted by atomic mass is 10.1. The Hall–Kier alpha value is -1.49. The molecule has 0 saturated carbocycles. The SMILES string of the molecule is CCc1ccc(F)c(C(=O)N(C)OC)c1F. The summed E-state index contributed by atoms with van der Waals surface area (Å²) >= 11 is 0. The van der Waals surface area contributed by atoms with Gasteiger partial charge in [0.2, 0.25) is 0 Å². The number of hydroxylamine groups is 2. The van der Waals surface area contributed by atoms with Crippen LogP contribution in [0.1, 0.15) is 22.8 Å². The summed E-state index contributed by atoms with van der Waals surface area (Å²) < 4.78 is 27.1. The number of halogens is 2. The molecule has 0 aliphatic carbocycles. The molecule has 0 N–H and O–H groups in total. The van der Waals surface area contributed by atoms with Gasteiger partial charge in [0.25, 0.3) is 5.91 Å². The number of nitrogens with zero attached hydrogens (tertiary/aromatic N) is 1. The zero-order valence-corrected chi connectivity index (χ0v) is 9.38. The minimum atomic E-state index is -0.886. The van der Waals surface area contributed by atoms with Crippen molar-refractivity contribution in [2.75, 3.05) is 14.2 Å². The van der Waals surface area contributed by atoms with Crippen LogP contribution in [0.3, 0.4) is 0 Å². The number of aryl methyl sites for hydroxylation is 1. The Bertz CT molecular complexity index is 407. The van der Waals surface area contributed by atoms with Crippen LogP contribution in [0.25, 0.3) is 0 Å². The maximum Gasteiger partial charge on any atom is 0.283 e. The largest absolute Gasteiger partial charge is 0.283 e. The molecule has 1 aromatic rings. The molecule has 0 bridgehead atoms. The minimum absolute atomic E-state index is 0.300. The molecule has 0 aliphatic heterocycles. The Balaban J connectivity index is 3.26. The number of amides is 1. The van der Waals surface area contributed by atoms with Crippen LogP contribution in [0, 0.1) is 11.6 Å². The van der Waals surface area contributed by atoms with E-state index in [1.807, 2.05) is 0 Å². The van der Waals surface area contributed by atoms with Crippen LogP contribution in [-0.2, 0) is 11.3 Å². The van der Waals surface area contributed by atoms with Crippen LogP contribution in [0.4, 0.5) is 8.78 Å². The van der Waals surface area contributed by atoms with Crippen molar-refractivity contribution in [3.63, 3.8) is 0 Å². The van der Waals surface area contributed by atoms with Gasteiger partial charge in [-0.05, 0) is 18.1 Å². The monoisotopic (exact) mass is 229 g/mol. The Morgan fingerprint density at radius 1 is 1.44 bits per heavy atom. The predicted molar refractivity (Wildman–Crippen MR) is 54.8 cm³/mol. The average molecular weight is 229 g/mol. The highest BCUT2D eigenvalue weighted by molar-refractivity contribution is 5.94. The van der Waals surface area contributed by atoms with Crippen LogP contribution in [0.2, 0.25) is 0 Å². The van der Waals surface area contributed by atoms with Crippen molar-refractivity contribution in [1.82, 2.24) is 5.06 Å². The summed E-state index contributed by atoms with van der Waals surface area (Å²) in [4.78, 5) is 16.2. The molecule has 0 aliphatic rings. The summed E-state index contributed by atoms with van der Waals surface area (Å²) in [6, 6.07) is 2.41. The third kappa shape index (κ3) is 2.19. The topological polar surface area (TPSA) is 29.5 Å². The highest BCUT2D eigenvalue weighted by Crippen LogP contribution is 2.19. The second-order valence-electron chi connectivity index (χ2n) is 3.23. The number of hydrogen-bond acceptors (Lipinski definition) is 2. The Morgan fingerprint density at radius 2 is 2.06 bits per heavy atom. The van der Waals surface area contributed by atoms with Crippen LogP contribution < -0.4 is 0 Å². The molecule has 5 heteroatoms. The number of carbonyl (C=O) groups is 1. The zero-order chi connectivity index (χ0) is 12.3. The first-order valence-electron chi connectivity index (χ1n) is 4.82. The van der Waals surface area contributed by atoms with Crippen LogP contribution >= 0.6 is 0 Å². The second kappa shape index (κ2) is 5.03. The fourth-order valence-corrected chi connectivity index (χ4v) is 1.31. The molecule has 1 aromatic carbocycles. The van der Waals surface area contributed by atoms with E-state index < -0.39 is 23.1 Å². The van der Waals surface area contributed by atoms with E-state index in [4.69, 9.17) is 0 Å². The Morgan fingerprint density at radius 3 is 2.56 bits per heavy atom. The van der Waals surface area contributed by atoms with E-state index in [0.717, 1.165) is 11.1 Å². The van der Waals surface area contributed by atoms with Gasteiger partial charge in [-0.25, -0.2) is 13.8 Å². The van der Waals surface area contributed by atoms with Gasteiger partial charge >= 0.3 is 0 Å². The van der Waals surface area contributed by atoms with Gasteiger partial charge in [0, 0.05) is 7.05 Å².